The van der Waals surface area contributed by atoms with Crippen molar-refractivity contribution < 1.29 is 19.4 Å². The summed E-state index contributed by atoms with van der Waals surface area (Å²) in [6.45, 7) is 1.31. The number of fused-ring (bicyclic) bond motifs is 1. The molecule has 0 radical (unpaired) electrons. The van der Waals surface area contributed by atoms with Crippen molar-refractivity contribution in [2.75, 3.05) is 0 Å². The fourth-order valence-electron chi connectivity index (χ4n) is 4.34. The van der Waals surface area contributed by atoms with Gasteiger partial charge in [0.2, 0.25) is 0 Å². The number of carbonyl (C=O) groups is 2. The van der Waals surface area contributed by atoms with Crippen LogP contribution in [0.3, 0.4) is 0 Å². The Hall–Kier alpha value is -2.33. The van der Waals surface area contributed by atoms with Gasteiger partial charge in [0.1, 0.15) is 6.10 Å². The van der Waals surface area contributed by atoms with Crippen molar-refractivity contribution in [2.24, 2.45) is 0 Å². The molecule has 0 saturated carbocycles. The number of aliphatic carboxylic acids is 1. The molecule has 122 valence electrons. The Balaban J connectivity index is 2.09. The van der Waals surface area contributed by atoms with Crippen LogP contribution in [0.2, 0.25) is 5.02 Å². The summed E-state index contributed by atoms with van der Waals surface area (Å²) >= 11 is 6.16. The van der Waals surface area contributed by atoms with Gasteiger partial charge in [0.05, 0.1) is 0 Å². The Kier molecular flexibility index (Phi) is 3.22. The molecule has 3 unspecified atom stereocenters. The molecule has 0 amide bonds. The highest BCUT2D eigenvalue weighted by molar-refractivity contribution is 6.30. The number of benzene rings is 2. The van der Waals surface area contributed by atoms with Crippen LogP contribution in [0.15, 0.2) is 42.5 Å². The van der Waals surface area contributed by atoms with Crippen LogP contribution in [0, 0.1) is 0 Å². The first-order valence-corrected chi connectivity index (χ1v) is 8.14. The van der Waals surface area contributed by atoms with Crippen molar-refractivity contribution in [1.29, 1.82) is 0 Å². The lowest BCUT2D eigenvalue weighted by molar-refractivity contribution is -0.160. The van der Waals surface area contributed by atoms with Gasteiger partial charge in [-0.15, -0.1) is 0 Å². The smallest absolute Gasteiger partial charge is 0.322 e. The summed E-state index contributed by atoms with van der Waals surface area (Å²) < 4.78 is 5.48. The number of halogens is 1. The van der Waals surface area contributed by atoms with E-state index in [-0.39, 0.29) is 5.92 Å². The number of carboxylic acids is 1. The third-order valence-electron chi connectivity index (χ3n) is 5.15. The lowest BCUT2D eigenvalue weighted by atomic mass is 9.53. The molecule has 2 aromatic carbocycles. The van der Waals surface area contributed by atoms with Gasteiger partial charge in [-0.05, 0) is 40.8 Å². The molecule has 24 heavy (non-hydrogen) atoms. The van der Waals surface area contributed by atoms with Gasteiger partial charge >= 0.3 is 11.9 Å². The van der Waals surface area contributed by atoms with E-state index < -0.39 is 23.5 Å². The minimum absolute atomic E-state index is 0.000887. The molecular weight excluding hydrogens is 328 g/mol. The SMILES string of the molecule is CC(=O)OC1CC2c3ccccc3C1(C(=O)O)c1cc(Cl)ccc12. The van der Waals surface area contributed by atoms with Crippen LogP contribution in [-0.4, -0.2) is 23.1 Å². The number of carboxylic acid groups (broad SMARTS) is 1. The van der Waals surface area contributed by atoms with Crippen molar-refractivity contribution in [3.05, 3.63) is 69.7 Å². The molecule has 0 saturated heterocycles. The second kappa shape index (κ2) is 5.08. The van der Waals surface area contributed by atoms with E-state index in [0.717, 1.165) is 11.1 Å². The second-order valence-electron chi connectivity index (χ2n) is 6.32. The maximum Gasteiger partial charge on any atom is 0.322 e. The zero-order valence-corrected chi connectivity index (χ0v) is 13.7. The molecule has 3 aliphatic carbocycles. The number of esters is 1. The van der Waals surface area contributed by atoms with E-state index in [0.29, 0.717) is 22.6 Å². The molecule has 5 rings (SSSR count). The molecular formula is C19H15ClO4. The molecule has 0 heterocycles. The van der Waals surface area contributed by atoms with Gasteiger partial charge in [-0.3, -0.25) is 9.59 Å². The van der Waals surface area contributed by atoms with E-state index in [1.165, 1.54) is 6.92 Å². The normalized spacial score (nSPS) is 26.4. The largest absolute Gasteiger partial charge is 0.480 e. The first kappa shape index (κ1) is 15.2. The topological polar surface area (TPSA) is 63.6 Å². The van der Waals surface area contributed by atoms with E-state index in [1.54, 1.807) is 12.1 Å². The van der Waals surface area contributed by atoms with Crippen LogP contribution in [0.5, 0.6) is 0 Å². The summed E-state index contributed by atoms with van der Waals surface area (Å²) in [7, 11) is 0. The van der Waals surface area contributed by atoms with Crippen molar-refractivity contribution in [3.63, 3.8) is 0 Å². The predicted octanol–water partition coefficient (Wildman–Crippen LogP) is 3.49. The van der Waals surface area contributed by atoms with Crippen LogP contribution in [0.1, 0.15) is 41.5 Å². The molecule has 0 aliphatic heterocycles. The third-order valence-corrected chi connectivity index (χ3v) is 5.39. The zero-order chi connectivity index (χ0) is 17.1. The van der Waals surface area contributed by atoms with Crippen molar-refractivity contribution in [2.45, 2.75) is 30.8 Å². The monoisotopic (exact) mass is 342 g/mol. The molecule has 0 aromatic heterocycles. The Morgan fingerprint density at radius 2 is 1.88 bits per heavy atom. The van der Waals surface area contributed by atoms with E-state index >= 15 is 0 Å². The number of carbonyl (C=O) groups excluding carboxylic acids is 1. The molecule has 0 spiro atoms. The quantitative estimate of drug-likeness (QED) is 0.848. The van der Waals surface area contributed by atoms with Gasteiger partial charge in [0, 0.05) is 17.9 Å². The van der Waals surface area contributed by atoms with Gasteiger partial charge in [0.25, 0.3) is 0 Å². The number of hydrogen-bond donors (Lipinski definition) is 1. The van der Waals surface area contributed by atoms with Crippen LogP contribution in [-0.2, 0) is 19.7 Å². The highest BCUT2D eigenvalue weighted by Gasteiger charge is 2.60. The molecule has 5 heteroatoms. The highest BCUT2D eigenvalue weighted by Crippen LogP contribution is 2.57. The maximum absolute atomic E-state index is 12.5. The van der Waals surface area contributed by atoms with Crippen molar-refractivity contribution >= 4 is 23.5 Å². The lowest BCUT2D eigenvalue weighted by Crippen LogP contribution is -2.56. The summed E-state index contributed by atoms with van der Waals surface area (Å²) in [5, 5.41) is 10.7. The van der Waals surface area contributed by atoms with Crippen LogP contribution >= 0.6 is 11.6 Å². The average molecular weight is 343 g/mol. The van der Waals surface area contributed by atoms with E-state index in [4.69, 9.17) is 16.3 Å². The molecule has 3 aliphatic rings. The minimum atomic E-state index is -1.42. The standard InChI is InChI=1S/C19H15ClO4/c1-10(21)24-17-9-14-12-4-2-3-5-15(12)19(17,18(22)23)16-8-11(20)6-7-13(14)16/h2-8,14,17H,9H2,1H3,(H,22,23). The number of hydrogen-bond acceptors (Lipinski definition) is 3. The summed E-state index contributed by atoms with van der Waals surface area (Å²) in [5.41, 5.74) is 1.83. The first-order valence-electron chi connectivity index (χ1n) is 7.76. The first-order chi connectivity index (χ1) is 11.5. The highest BCUT2D eigenvalue weighted by atomic mass is 35.5. The Morgan fingerprint density at radius 1 is 1.17 bits per heavy atom. The number of ether oxygens (including phenoxy) is 1. The zero-order valence-electron chi connectivity index (χ0n) is 13.0. The fraction of sp³-hybridized carbons (Fsp3) is 0.263. The maximum atomic E-state index is 12.5. The Labute approximate surface area is 144 Å². The van der Waals surface area contributed by atoms with Crippen LogP contribution < -0.4 is 0 Å². The van der Waals surface area contributed by atoms with Gasteiger partial charge in [-0.25, -0.2) is 0 Å². The second-order valence-corrected chi connectivity index (χ2v) is 6.75. The number of rotatable bonds is 2. The van der Waals surface area contributed by atoms with E-state index in [9.17, 15) is 14.7 Å². The van der Waals surface area contributed by atoms with Gasteiger partial charge in [-0.2, -0.15) is 0 Å². The van der Waals surface area contributed by atoms with Crippen molar-refractivity contribution in [3.8, 4) is 0 Å². The average Bonchev–Trinajstić information content (AvgIpc) is 2.54. The lowest BCUT2D eigenvalue weighted by Gasteiger charge is -2.50. The predicted molar refractivity (Wildman–Crippen MR) is 88.3 cm³/mol. The Morgan fingerprint density at radius 3 is 2.58 bits per heavy atom. The van der Waals surface area contributed by atoms with E-state index in [1.807, 2.05) is 30.3 Å². The summed E-state index contributed by atoms with van der Waals surface area (Å²) in [5.74, 6) is -1.50. The summed E-state index contributed by atoms with van der Waals surface area (Å²) in [6.07, 6.45) is -0.296. The van der Waals surface area contributed by atoms with Gasteiger partial charge in [0.15, 0.2) is 5.41 Å². The van der Waals surface area contributed by atoms with Crippen molar-refractivity contribution in [1.82, 2.24) is 0 Å². The summed E-state index contributed by atoms with van der Waals surface area (Å²) in [4.78, 5) is 24.1. The molecule has 2 aromatic rings. The van der Waals surface area contributed by atoms with Crippen LogP contribution in [0.25, 0.3) is 0 Å². The van der Waals surface area contributed by atoms with E-state index in [2.05, 4.69) is 0 Å². The molecule has 4 nitrogen and oxygen atoms in total. The summed E-state index contributed by atoms with van der Waals surface area (Å²) in [6, 6.07) is 12.9. The third kappa shape index (κ3) is 1.80. The molecule has 2 bridgehead atoms. The fourth-order valence-corrected chi connectivity index (χ4v) is 4.52. The molecule has 1 N–H and O–H groups in total. The van der Waals surface area contributed by atoms with Gasteiger partial charge in [-0.1, -0.05) is 41.9 Å². The molecule has 3 atom stereocenters. The van der Waals surface area contributed by atoms with Gasteiger partial charge < -0.3 is 9.84 Å². The Bertz CT molecular complexity index is 875. The minimum Gasteiger partial charge on any atom is -0.480 e. The van der Waals surface area contributed by atoms with Crippen LogP contribution in [0.4, 0.5) is 0 Å². The molecule has 0 fully saturated rings.